The predicted molar refractivity (Wildman–Crippen MR) is 56.1 cm³/mol. The van der Waals surface area contributed by atoms with Gasteiger partial charge in [0.2, 0.25) is 0 Å². The van der Waals surface area contributed by atoms with Crippen LogP contribution in [0.25, 0.3) is 0 Å². The van der Waals surface area contributed by atoms with Gasteiger partial charge in [-0.25, -0.2) is 0 Å². The van der Waals surface area contributed by atoms with E-state index in [0.29, 0.717) is 0 Å². The topological polar surface area (TPSA) is 9.23 Å². The summed E-state index contributed by atoms with van der Waals surface area (Å²) < 4.78 is 4.94. The molecule has 0 spiro atoms. The number of benzene rings is 1. The third-order valence-electron chi connectivity index (χ3n) is 1.50. The fourth-order valence-electron chi connectivity index (χ4n) is 0.877. The Bertz CT molecular complexity index is 197. The van der Waals surface area contributed by atoms with Crippen LogP contribution in [0, 0.1) is 6.07 Å². The standard InChI is InChI=1S/C6H4Cl.C4H8O.BrH.Mg/c7-6-4-2-1-3-5-6;1-2-4-5-3-1;;/h2-5H;1-4H2;1H;/q-1;;;+2/p-1. The first-order chi connectivity index (χ1) is 5.89. The van der Waals surface area contributed by atoms with Gasteiger partial charge in [-0.1, -0.05) is 5.02 Å². The molecule has 0 saturated carbocycles. The molecule has 0 unspecified atom stereocenters. The second kappa shape index (κ2) is 11.8. The molecule has 1 aliphatic heterocycles. The first-order valence-corrected chi connectivity index (χ1v) is 4.47. The SMILES string of the molecule is C1CCOC1.Clc1cc[c-]cc1.[Br-].[Mg+2]. The summed E-state index contributed by atoms with van der Waals surface area (Å²) >= 11 is 5.52. The third-order valence-corrected chi connectivity index (χ3v) is 1.76. The zero-order valence-corrected chi connectivity index (χ0v) is 11.8. The largest absolute Gasteiger partial charge is 2.00 e. The Morgan fingerprint density at radius 2 is 1.64 bits per heavy atom. The maximum absolute atomic E-state index is 5.52. The molecule has 1 aliphatic rings. The number of rotatable bonds is 0. The molecule has 4 heteroatoms. The second-order valence-corrected chi connectivity index (χ2v) is 2.97. The number of hydrogen-bond donors (Lipinski definition) is 0. The van der Waals surface area contributed by atoms with Gasteiger partial charge in [-0.2, -0.15) is 30.3 Å². The fraction of sp³-hybridized carbons (Fsp3) is 0.400. The summed E-state index contributed by atoms with van der Waals surface area (Å²) in [6.45, 7) is 2.00. The quantitative estimate of drug-likeness (QED) is 0.464. The maximum atomic E-state index is 5.52. The van der Waals surface area contributed by atoms with Crippen LogP contribution in [0.5, 0.6) is 0 Å². The van der Waals surface area contributed by atoms with Crippen molar-refractivity contribution in [3.8, 4) is 0 Å². The monoisotopic (exact) mass is 286 g/mol. The molecule has 0 amide bonds. The van der Waals surface area contributed by atoms with Crippen LogP contribution < -0.4 is 17.0 Å². The zero-order valence-electron chi connectivity index (χ0n) is 8.01. The number of hydrogen-bond acceptors (Lipinski definition) is 1. The predicted octanol–water partition coefficient (Wildman–Crippen LogP) is -0.440. The molecular formula is C10H12BrClMgO. The van der Waals surface area contributed by atoms with E-state index in [9.17, 15) is 0 Å². The number of halogens is 2. The van der Waals surface area contributed by atoms with Crippen molar-refractivity contribution in [2.24, 2.45) is 0 Å². The van der Waals surface area contributed by atoms with Crippen LogP contribution in [0.3, 0.4) is 0 Å². The van der Waals surface area contributed by atoms with Gasteiger partial charge in [-0.15, -0.1) is 11.6 Å². The van der Waals surface area contributed by atoms with E-state index < -0.39 is 0 Å². The molecular weight excluding hydrogens is 276 g/mol. The summed E-state index contributed by atoms with van der Waals surface area (Å²) in [6.07, 6.45) is 2.56. The van der Waals surface area contributed by atoms with Crippen LogP contribution in [0.15, 0.2) is 24.3 Å². The van der Waals surface area contributed by atoms with Gasteiger partial charge < -0.3 is 21.7 Å². The van der Waals surface area contributed by atoms with Gasteiger partial charge in [0.15, 0.2) is 0 Å². The van der Waals surface area contributed by atoms with Crippen LogP contribution in [-0.2, 0) is 4.74 Å². The summed E-state index contributed by atoms with van der Waals surface area (Å²) in [7, 11) is 0. The Morgan fingerprint density at radius 1 is 1.14 bits per heavy atom. The molecule has 1 heterocycles. The zero-order chi connectivity index (χ0) is 8.65. The van der Waals surface area contributed by atoms with Gasteiger partial charge in [0.05, 0.1) is 0 Å². The van der Waals surface area contributed by atoms with Crippen molar-refractivity contribution in [3.05, 3.63) is 35.4 Å². The molecule has 0 aromatic heterocycles. The van der Waals surface area contributed by atoms with E-state index in [1.165, 1.54) is 12.8 Å². The molecule has 14 heavy (non-hydrogen) atoms. The Morgan fingerprint density at radius 3 is 1.86 bits per heavy atom. The minimum atomic E-state index is 0. The van der Waals surface area contributed by atoms with Crippen molar-refractivity contribution < 1.29 is 21.7 Å². The molecule has 0 atom stereocenters. The van der Waals surface area contributed by atoms with E-state index in [-0.39, 0.29) is 40.0 Å². The van der Waals surface area contributed by atoms with Crippen LogP contribution in [-0.4, -0.2) is 36.3 Å². The Hall–Kier alpha value is 0.716. The molecule has 0 radical (unpaired) electrons. The summed E-state index contributed by atoms with van der Waals surface area (Å²) in [6, 6.07) is 10.00. The van der Waals surface area contributed by atoms with Crippen molar-refractivity contribution in [2.45, 2.75) is 12.8 Å². The summed E-state index contributed by atoms with van der Waals surface area (Å²) in [5, 5.41) is 0.763. The Balaban J connectivity index is 0. The van der Waals surface area contributed by atoms with E-state index in [1.807, 2.05) is 0 Å². The molecule has 1 nitrogen and oxygen atoms in total. The van der Waals surface area contributed by atoms with Crippen LogP contribution in [0.2, 0.25) is 5.02 Å². The van der Waals surface area contributed by atoms with Gasteiger partial charge in [0, 0.05) is 13.2 Å². The van der Waals surface area contributed by atoms with Crippen molar-refractivity contribution in [2.75, 3.05) is 13.2 Å². The van der Waals surface area contributed by atoms with E-state index in [2.05, 4.69) is 6.07 Å². The number of ether oxygens (including phenoxy) is 1. The summed E-state index contributed by atoms with van der Waals surface area (Å²) in [4.78, 5) is 0. The van der Waals surface area contributed by atoms with Gasteiger partial charge in [0.25, 0.3) is 0 Å². The molecule has 74 valence electrons. The molecule has 1 aromatic carbocycles. The molecule has 1 saturated heterocycles. The fourth-order valence-corrected chi connectivity index (χ4v) is 1.00. The van der Waals surface area contributed by atoms with Gasteiger partial charge in [-0.05, 0) is 12.8 Å². The van der Waals surface area contributed by atoms with E-state index in [1.54, 1.807) is 24.3 Å². The molecule has 0 aliphatic carbocycles. The van der Waals surface area contributed by atoms with Crippen molar-refractivity contribution in [1.82, 2.24) is 0 Å². The second-order valence-electron chi connectivity index (χ2n) is 2.54. The first-order valence-electron chi connectivity index (χ1n) is 4.09. The average Bonchev–Trinajstić information content (AvgIpc) is 2.62. The Labute approximate surface area is 117 Å². The van der Waals surface area contributed by atoms with E-state index >= 15 is 0 Å². The molecule has 0 N–H and O–H groups in total. The minimum absolute atomic E-state index is 0. The van der Waals surface area contributed by atoms with Crippen LogP contribution >= 0.6 is 11.6 Å². The molecule has 2 rings (SSSR count). The van der Waals surface area contributed by atoms with Crippen molar-refractivity contribution >= 4 is 34.7 Å². The summed E-state index contributed by atoms with van der Waals surface area (Å²) in [5.74, 6) is 0. The normalized spacial score (nSPS) is 12.9. The van der Waals surface area contributed by atoms with Gasteiger partial charge >= 0.3 is 23.1 Å². The summed E-state index contributed by atoms with van der Waals surface area (Å²) in [5.41, 5.74) is 0. The van der Waals surface area contributed by atoms with Gasteiger partial charge in [-0.3, -0.25) is 0 Å². The molecule has 0 bridgehead atoms. The molecule has 1 fully saturated rings. The van der Waals surface area contributed by atoms with Gasteiger partial charge in [0.1, 0.15) is 0 Å². The van der Waals surface area contributed by atoms with Crippen LogP contribution in [0.1, 0.15) is 12.8 Å². The van der Waals surface area contributed by atoms with Crippen LogP contribution in [0.4, 0.5) is 0 Å². The molecule has 1 aromatic rings. The Kier molecular flexibility index (Phi) is 14.4. The third kappa shape index (κ3) is 9.28. The van der Waals surface area contributed by atoms with Crippen molar-refractivity contribution in [1.29, 1.82) is 0 Å². The average molecular weight is 288 g/mol. The van der Waals surface area contributed by atoms with E-state index in [0.717, 1.165) is 18.2 Å². The smallest absolute Gasteiger partial charge is 1.00 e. The minimum Gasteiger partial charge on any atom is -1.00 e. The van der Waals surface area contributed by atoms with Crippen molar-refractivity contribution in [3.63, 3.8) is 0 Å². The first kappa shape index (κ1) is 17.1. The maximum Gasteiger partial charge on any atom is 2.00 e. The van der Waals surface area contributed by atoms with E-state index in [4.69, 9.17) is 16.3 Å².